The summed E-state index contributed by atoms with van der Waals surface area (Å²) in [5, 5.41) is 1.47. The van der Waals surface area contributed by atoms with E-state index in [1.54, 1.807) is 45.0 Å². The van der Waals surface area contributed by atoms with E-state index in [1.165, 1.54) is 14.0 Å². The number of amides is 1. The van der Waals surface area contributed by atoms with Crippen LogP contribution in [0.3, 0.4) is 0 Å². The molecule has 1 aromatic rings. The Morgan fingerprint density at radius 3 is 2.27 bits per heavy atom. The zero-order chi connectivity index (χ0) is 19.8. The number of hydrogen-bond donors (Lipinski definition) is 1. The molecule has 0 aliphatic heterocycles. The maximum atomic E-state index is 12.5. The summed E-state index contributed by atoms with van der Waals surface area (Å²) >= 11 is 0. The van der Waals surface area contributed by atoms with Gasteiger partial charge in [-0.05, 0) is 38.5 Å². The normalized spacial score (nSPS) is 25.3. The Bertz CT molecular complexity index is 781. The Balaban J connectivity index is 2.39. The lowest BCUT2D eigenvalue weighted by Gasteiger charge is -2.22. The predicted octanol–water partition coefficient (Wildman–Crippen LogP) is 2.06. The molecule has 1 fully saturated rings. The van der Waals surface area contributed by atoms with Gasteiger partial charge in [-0.1, -0.05) is 19.1 Å². The van der Waals surface area contributed by atoms with Crippen molar-refractivity contribution in [2.45, 2.75) is 50.0 Å². The minimum atomic E-state index is -3.58. The molecule has 0 unspecified atom stereocenters. The summed E-state index contributed by atoms with van der Waals surface area (Å²) in [6, 6.07) is 6.77. The van der Waals surface area contributed by atoms with E-state index < -0.39 is 38.2 Å². The average molecular weight is 383 g/mol. The van der Waals surface area contributed by atoms with Gasteiger partial charge in [0.25, 0.3) is 0 Å². The number of nitrogens with one attached hydrogen (secondary N) is 1. The van der Waals surface area contributed by atoms with Crippen LogP contribution in [0.4, 0.5) is 4.79 Å². The summed E-state index contributed by atoms with van der Waals surface area (Å²) in [5.41, 5.74) is -1.67. The maximum absolute atomic E-state index is 12.5. The van der Waals surface area contributed by atoms with E-state index in [0.717, 1.165) is 0 Å². The molecule has 1 amide bonds. The highest BCUT2D eigenvalue weighted by Crippen LogP contribution is 2.55. The summed E-state index contributed by atoms with van der Waals surface area (Å²) < 4.78 is 35.4. The SMILES string of the molecule is CCS(=O)(=O)[C@H]1[C@@H](c2ccc(OC)cc2)[C@@]1(C=O)NC(=O)OC(C)(C)C. The smallest absolute Gasteiger partial charge is 0.408 e. The zero-order valence-electron chi connectivity index (χ0n) is 15.6. The molecule has 7 nitrogen and oxygen atoms in total. The molecule has 144 valence electrons. The molecule has 1 aliphatic carbocycles. The third-order valence-corrected chi connectivity index (χ3v) is 6.60. The van der Waals surface area contributed by atoms with Crippen LogP contribution in [0.15, 0.2) is 24.3 Å². The van der Waals surface area contributed by atoms with Crippen molar-refractivity contribution in [2.24, 2.45) is 0 Å². The van der Waals surface area contributed by atoms with Gasteiger partial charge in [-0.15, -0.1) is 0 Å². The van der Waals surface area contributed by atoms with Crippen LogP contribution in [0.25, 0.3) is 0 Å². The summed E-state index contributed by atoms with van der Waals surface area (Å²) in [4.78, 5) is 24.1. The van der Waals surface area contributed by atoms with E-state index >= 15 is 0 Å². The molecule has 2 rings (SSSR count). The van der Waals surface area contributed by atoms with Crippen molar-refractivity contribution in [3.63, 3.8) is 0 Å². The number of aldehydes is 1. The maximum Gasteiger partial charge on any atom is 0.408 e. The number of methoxy groups -OCH3 is 1. The summed E-state index contributed by atoms with van der Waals surface area (Å²) in [5.74, 6) is -0.194. The van der Waals surface area contributed by atoms with E-state index in [-0.39, 0.29) is 5.75 Å². The molecule has 26 heavy (non-hydrogen) atoms. The van der Waals surface area contributed by atoms with Gasteiger partial charge in [-0.3, -0.25) is 0 Å². The van der Waals surface area contributed by atoms with Crippen LogP contribution in [0, 0.1) is 0 Å². The van der Waals surface area contributed by atoms with Gasteiger partial charge in [0, 0.05) is 11.7 Å². The van der Waals surface area contributed by atoms with Crippen LogP contribution in [0.2, 0.25) is 0 Å². The first kappa shape index (κ1) is 20.2. The number of carbonyl (C=O) groups is 2. The predicted molar refractivity (Wildman–Crippen MR) is 97.1 cm³/mol. The summed E-state index contributed by atoms with van der Waals surface area (Å²) in [7, 11) is -2.06. The van der Waals surface area contributed by atoms with Gasteiger partial charge in [0.05, 0.1) is 7.11 Å². The van der Waals surface area contributed by atoms with E-state index in [4.69, 9.17) is 9.47 Å². The van der Waals surface area contributed by atoms with Gasteiger partial charge in [-0.25, -0.2) is 13.2 Å². The third-order valence-electron chi connectivity index (χ3n) is 4.36. The van der Waals surface area contributed by atoms with Crippen LogP contribution in [-0.4, -0.2) is 50.0 Å². The second kappa shape index (κ2) is 6.90. The number of benzene rings is 1. The molecule has 0 aromatic heterocycles. The van der Waals surface area contributed by atoms with E-state index in [2.05, 4.69) is 5.32 Å². The van der Waals surface area contributed by atoms with Crippen LogP contribution < -0.4 is 10.1 Å². The Kier molecular flexibility index (Phi) is 5.37. The molecule has 3 atom stereocenters. The van der Waals surface area contributed by atoms with Crippen molar-refractivity contribution < 1.29 is 27.5 Å². The molecule has 0 spiro atoms. The molecule has 1 saturated carbocycles. The van der Waals surface area contributed by atoms with Crippen LogP contribution in [-0.2, 0) is 19.4 Å². The fourth-order valence-corrected chi connectivity index (χ4v) is 5.05. The highest BCUT2D eigenvalue weighted by molar-refractivity contribution is 7.92. The Morgan fingerprint density at radius 2 is 1.85 bits per heavy atom. The second-order valence-corrected chi connectivity index (χ2v) is 9.71. The molecule has 0 saturated heterocycles. The molecule has 0 heterocycles. The average Bonchev–Trinajstić information content (AvgIpc) is 3.22. The molecule has 1 aliphatic rings. The van der Waals surface area contributed by atoms with Gasteiger partial charge in [-0.2, -0.15) is 0 Å². The molecular weight excluding hydrogens is 358 g/mol. The molecule has 0 bridgehead atoms. The molecular formula is C18H25NO6S. The monoisotopic (exact) mass is 383 g/mol. The van der Waals surface area contributed by atoms with Crippen LogP contribution in [0.5, 0.6) is 5.75 Å². The zero-order valence-corrected chi connectivity index (χ0v) is 16.4. The van der Waals surface area contributed by atoms with Crippen LogP contribution in [0.1, 0.15) is 39.2 Å². The quantitative estimate of drug-likeness (QED) is 0.755. The Hall–Kier alpha value is -2.09. The first-order chi connectivity index (χ1) is 12.0. The molecule has 0 radical (unpaired) electrons. The lowest BCUT2D eigenvalue weighted by atomic mass is 10.1. The summed E-state index contributed by atoms with van der Waals surface area (Å²) in [6.07, 6.45) is -0.319. The second-order valence-electron chi connectivity index (χ2n) is 7.30. The van der Waals surface area contributed by atoms with Crippen molar-refractivity contribution in [3.05, 3.63) is 29.8 Å². The van der Waals surface area contributed by atoms with Crippen molar-refractivity contribution in [1.82, 2.24) is 5.32 Å². The van der Waals surface area contributed by atoms with E-state index in [9.17, 15) is 18.0 Å². The minimum absolute atomic E-state index is 0.129. The number of rotatable bonds is 6. The first-order valence-corrected chi connectivity index (χ1v) is 10.1. The number of alkyl carbamates (subject to hydrolysis) is 1. The fourth-order valence-electron chi connectivity index (χ4n) is 3.12. The van der Waals surface area contributed by atoms with Gasteiger partial charge < -0.3 is 19.6 Å². The van der Waals surface area contributed by atoms with E-state index in [1.807, 2.05) is 0 Å². The van der Waals surface area contributed by atoms with Gasteiger partial charge in [0.1, 0.15) is 28.4 Å². The van der Waals surface area contributed by atoms with Crippen molar-refractivity contribution in [2.75, 3.05) is 12.9 Å². The van der Waals surface area contributed by atoms with Crippen molar-refractivity contribution in [3.8, 4) is 5.75 Å². The number of sulfone groups is 1. The number of carbonyl (C=O) groups excluding carboxylic acids is 2. The fraction of sp³-hybridized carbons (Fsp3) is 0.556. The standard InChI is InChI=1S/C18H25NO6S/c1-6-26(22,23)15-14(12-7-9-13(24-5)10-8-12)18(15,11-20)19-16(21)25-17(2,3)4/h7-11,14-15H,6H2,1-5H3,(H,19,21)/t14-,15+,18-/m1/s1. The lowest BCUT2D eigenvalue weighted by Crippen LogP contribution is -2.45. The molecule has 8 heteroatoms. The number of hydrogen-bond acceptors (Lipinski definition) is 6. The molecule has 1 aromatic carbocycles. The van der Waals surface area contributed by atoms with Gasteiger partial charge in [0.2, 0.25) is 0 Å². The molecule has 1 N–H and O–H groups in total. The van der Waals surface area contributed by atoms with Gasteiger partial charge >= 0.3 is 6.09 Å². The highest BCUT2D eigenvalue weighted by Gasteiger charge is 2.72. The van der Waals surface area contributed by atoms with E-state index in [0.29, 0.717) is 17.6 Å². The Morgan fingerprint density at radius 1 is 1.27 bits per heavy atom. The largest absolute Gasteiger partial charge is 0.497 e. The highest BCUT2D eigenvalue weighted by atomic mass is 32.2. The lowest BCUT2D eigenvalue weighted by molar-refractivity contribution is -0.110. The number of ether oxygens (including phenoxy) is 2. The minimum Gasteiger partial charge on any atom is -0.497 e. The van der Waals surface area contributed by atoms with Crippen LogP contribution >= 0.6 is 0 Å². The van der Waals surface area contributed by atoms with Crippen molar-refractivity contribution in [1.29, 1.82) is 0 Å². The Labute approximate surface area is 154 Å². The summed E-state index contributed by atoms with van der Waals surface area (Å²) in [6.45, 7) is 6.58. The first-order valence-electron chi connectivity index (χ1n) is 8.33. The van der Waals surface area contributed by atoms with Gasteiger partial charge in [0.15, 0.2) is 9.84 Å². The van der Waals surface area contributed by atoms with Crippen molar-refractivity contribution >= 4 is 22.2 Å². The third kappa shape index (κ3) is 3.85. The topological polar surface area (TPSA) is 98.8 Å².